The van der Waals surface area contributed by atoms with Crippen molar-refractivity contribution in [2.45, 2.75) is 39.3 Å². The number of allylic oxidation sites excluding steroid dienone is 1. The van der Waals surface area contributed by atoms with Gasteiger partial charge in [-0.15, -0.1) is 11.3 Å². The number of para-hydroxylation sites is 2. The number of nitrogens with one attached hydrogen (secondary N) is 2. The van der Waals surface area contributed by atoms with Crippen molar-refractivity contribution in [1.82, 2.24) is 5.32 Å². The highest BCUT2D eigenvalue weighted by Gasteiger charge is 2.42. The smallest absolute Gasteiger partial charge is 0.239 e. The summed E-state index contributed by atoms with van der Waals surface area (Å²) < 4.78 is 0. The van der Waals surface area contributed by atoms with E-state index in [1.165, 1.54) is 0 Å². The van der Waals surface area contributed by atoms with E-state index in [0.717, 1.165) is 39.5 Å². The molecule has 1 aliphatic heterocycles. The Kier molecular flexibility index (Phi) is 6.43. The molecule has 1 aromatic heterocycles. The summed E-state index contributed by atoms with van der Waals surface area (Å²) in [6.07, 6.45) is 1.26. The van der Waals surface area contributed by atoms with Gasteiger partial charge in [0.05, 0.1) is 24.0 Å². The van der Waals surface area contributed by atoms with Gasteiger partial charge in [-0.25, -0.2) is 0 Å². The van der Waals surface area contributed by atoms with Gasteiger partial charge in [0.25, 0.3) is 0 Å². The maximum absolute atomic E-state index is 13.6. The van der Waals surface area contributed by atoms with Gasteiger partial charge in [0.2, 0.25) is 5.91 Å². The summed E-state index contributed by atoms with van der Waals surface area (Å²) in [6.45, 7) is 4.72. The van der Waals surface area contributed by atoms with E-state index >= 15 is 0 Å². The molecule has 2 N–H and O–H groups in total. The Bertz CT molecular complexity index is 1300. The molecule has 1 amide bonds. The molecule has 0 spiro atoms. The molecule has 0 radical (unpaired) electrons. The Balaban J connectivity index is 1.54. The Morgan fingerprint density at radius 1 is 1.11 bits per heavy atom. The first-order valence-corrected chi connectivity index (χ1v) is 13.0. The Morgan fingerprint density at radius 2 is 1.89 bits per heavy atom. The number of Topliss-reactive ketones (excluding diaryl/α,β-unsaturated/α-hetero) is 1. The van der Waals surface area contributed by atoms with Crippen molar-refractivity contribution in [1.29, 1.82) is 0 Å². The maximum Gasteiger partial charge on any atom is 0.239 e. The van der Waals surface area contributed by atoms with Crippen molar-refractivity contribution in [2.24, 2.45) is 5.41 Å². The number of ketones is 1. The second kappa shape index (κ2) is 9.51. The molecule has 3 aromatic rings. The molecule has 0 bridgehead atoms. The van der Waals surface area contributed by atoms with Gasteiger partial charge in [-0.05, 0) is 47.0 Å². The number of thiophene rings is 1. The highest BCUT2D eigenvalue weighted by molar-refractivity contribution is 7.10. The number of hydrogen-bond donors (Lipinski definition) is 2. The average Bonchev–Trinajstić information content (AvgIpc) is 3.30. The third-order valence-corrected chi connectivity index (χ3v) is 7.86. The van der Waals surface area contributed by atoms with Crippen LogP contribution in [0.15, 0.2) is 77.3 Å². The van der Waals surface area contributed by atoms with Crippen molar-refractivity contribution in [2.75, 3.05) is 16.8 Å². The molecule has 5 nitrogen and oxygen atoms in total. The number of nitrogens with zero attached hydrogens (tertiary/aromatic N) is 1. The fourth-order valence-corrected chi connectivity index (χ4v) is 6.06. The topological polar surface area (TPSA) is 61.4 Å². The van der Waals surface area contributed by atoms with E-state index < -0.39 is 0 Å². The molecule has 180 valence electrons. The number of carbonyl (C=O) groups excluding carboxylic acids is 2. The number of carbonyl (C=O) groups is 2. The normalized spacial score (nSPS) is 18.9. The van der Waals surface area contributed by atoms with E-state index in [2.05, 4.69) is 35.4 Å². The van der Waals surface area contributed by atoms with E-state index in [4.69, 9.17) is 11.6 Å². The van der Waals surface area contributed by atoms with Crippen LogP contribution in [0.2, 0.25) is 5.02 Å². The van der Waals surface area contributed by atoms with E-state index in [1.807, 2.05) is 60.0 Å². The molecule has 2 aliphatic rings. The summed E-state index contributed by atoms with van der Waals surface area (Å²) in [4.78, 5) is 30.0. The molecule has 2 heterocycles. The maximum atomic E-state index is 13.6. The molecule has 0 saturated heterocycles. The largest absolute Gasteiger partial charge is 0.357 e. The Labute approximate surface area is 214 Å². The molecule has 1 atom stereocenters. The van der Waals surface area contributed by atoms with Crippen LogP contribution in [0.5, 0.6) is 0 Å². The van der Waals surface area contributed by atoms with Gasteiger partial charge in [-0.3, -0.25) is 9.59 Å². The Hall–Kier alpha value is -3.09. The van der Waals surface area contributed by atoms with Crippen molar-refractivity contribution in [3.05, 3.63) is 92.8 Å². The number of hydrogen-bond acceptors (Lipinski definition) is 5. The number of anilines is 2. The second-order valence-electron chi connectivity index (χ2n) is 9.89. The van der Waals surface area contributed by atoms with E-state index in [-0.39, 0.29) is 29.7 Å². The van der Waals surface area contributed by atoms with Crippen LogP contribution in [0.3, 0.4) is 0 Å². The number of benzene rings is 2. The van der Waals surface area contributed by atoms with Gasteiger partial charge in [0, 0.05) is 34.1 Å². The third-order valence-electron chi connectivity index (χ3n) is 6.56. The first-order valence-electron chi connectivity index (χ1n) is 11.7. The summed E-state index contributed by atoms with van der Waals surface area (Å²) in [5, 5.41) is 9.24. The highest BCUT2D eigenvalue weighted by atomic mass is 35.5. The molecule has 2 aromatic carbocycles. The van der Waals surface area contributed by atoms with E-state index in [9.17, 15) is 9.59 Å². The lowest BCUT2D eigenvalue weighted by Crippen LogP contribution is -2.41. The van der Waals surface area contributed by atoms with Crippen LogP contribution < -0.4 is 15.5 Å². The lowest BCUT2D eigenvalue weighted by Gasteiger charge is -2.37. The van der Waals surface area contributed by atoms with Gasteiger partial charge >= 0.3 is 0 Å². The highest BCUT2D eigenvalue weighted by Crippen LogP contribution is 2.48. The molecule has 1 aliphatic carbocycles. The predicted octanol–water partition coefficient (Wildman–Crippen LogP) is 6.33. The van der Waals surface area contributed by atoms with E-state index in [1.54, 1.807) is 11.3 Å². The summed E-state index contributed by atoms with van der Waals surface area (Å²) in [5.74, 6) is 0.00495. The average molecular weight is 506 g/mol. The molecule has 5 rings (SSSR count). The van der Waals surface area contributed by atoms with Crippen molar-refractivity contribution in [3.63, 3.8) is 0 Å². The minimum atomic E-state index is -0.337. The van der Waals surface area contributed by atoms with Crippen LogP contribution in [-0.2, 0) is 16.1 Å². The van der Waals surface area contributed by atoms with Crippen LogP contribution in [0.4, 0.5) is 11.4 Å². The SMILES string of the molecule is CC1(C)CC(=O)C2=C(C1)Nc1ccccc1N(CC(=O)NCc1ccccc1Cl)C2c1cccs1. The molecule has 35 heavy (non-hydrogen) atoms. The fourth-order valence-electron chi connectivity index (χ4n) is 5.02. The zero-order valence-electron chi connectivity index (χ0n) is 19.8. The van der Waals surface area contributed by atoms with Gasteiger partial charge in [0.1, 0.15) is 0 Å². The lowest BCUT2D eigenvalue weighted by molar-refractivity contribution is -0.120. The van der Waals surface area contributed by atoms with Crippen LogP contribution >= 0.6 is 22.9 Å². The van der Waals surface area contributed by atoms with Crippen LogP contribution in [0, 0.1) is 5.41 Å². The first-order chi connectivity index (χ1) is 16.8. The zero-order valence-corrected chi connectivity index (χ0v) is 21.4. The van der Waals surface area contributed by atoms with E-state index in [0.29, 0.717) is 18.0 Å². The summed E-state index contributed by atoms with van der Waals surface area (Å²) in [5.41, 5.74) is 4.27. The predicted molar refractivity (Wildman–Crippen MR) is 143 cm³/mol. The summed E-state index contributed by atoms with van der Waals surface area (Å²) in [6, 6.07) is 19.2. The monoisotopic (exact) mass is 505 g/mol. The molecule has 7 heteroatoms. The second-order valence-corrected chi connectivity index (χ2v) is 11.3. The minimum absolute atomic E-state index is 0.110. The van der Waals surface area contributed by atoms with Crippen LogP contribution in [0.25, 0.3) is 0 Å². The number of amides is 1. The van der Waals surface area contributed by atoms with Crippen molar-refractivity contribution < 1.29 is 9.59 Å². The number of halogens is 1. The molecule has 1 unspecified atom stereocenters. The van der Waals surface area contributed by atoms with Crippen LogP contribution in [-0.4, -0.2) is 18.2 Å². The van der Waals surface area contributed by atoms with Gasteiger partial charge in [0.15, 0.2) is 5.78 Å². The zero-order chi connectivity index (χ0) is 24.6. The molecule has 0 fully saturated rings. The molecule has 0 saturated carbocycles. The summed E-state index contributed by atoms with van der Waals surface area (Å²) >= 11 is 7.89. The molecular formula is C28H28ClN3O2S. The Morgan fingerprint density at radius 3 is 2.66 bits per heavy atom. The third kappa shape index (κ3) is 4.86. The standard InChI is InChI=1S/C28H28ClN3O2S/c1-28(2)14-21-26(23(33)15-28)27(24-12-7-13-35-24)32(22-11-6-5-10-20(22)31-21)17-25(34)30-16-18-8-3-4-9-19(18)29/h3-13,27,31H,14-17H2,1-2H3,(H,30,34). The fraction of sp³-hybridized carbons (Fsp3) is 0.286. The molecular weight excluding hydrogens is 478 g/mol. The first kappa shape index (κ1) is 23.6. The van der Waals surface area contributed by atoms with Crippen molar-refractivity contribution in [3.8, 4) is 0 Å². The summed E-state index contributed by atoms with van der Waals surface area (Å²) in [7, 11) is 0. The van der Waals surface area contributed by atoms with Crippen molar-refractivity contribution >= 4 is 46.0 Å². The van der Waals surface area contributed by atoms with Crippen LogP contribution in [0.1, 0.15) is 43.2 Å². The lowest BCUT2D eigenvalue weighted by atomic mass is 9.74. The van der Waals surface area contributed by atoms with Gasteiger partial charge in [-0.1, -0.05) is 61.8 Å². The quantitative estimate of drug-likeness (QED) is 0.425. The number of fused-ring (bicyclic) bond motifs is 1. The minimum Gasteiger partial charge on any atom is -0.357 e. The number of rotatable bonds is 5. The van der Waals surface area contributed by atoms with Gasteiger partial charge < -0.3 is 15.5 Å². The van der Waals surface area contributed by atoms with Gasteiger partial charge in [-0.2, -0.15) is 0 Å².